The predicted molar refractivity (Wildman–Crippen MR) is 129 cm³/mol. The van der Waals surface area contributed by atoms with Crippen LogP contribution in [0.4, 0.5) is 5.69 Å². The van der Waals surface area contributed by atoms with Crippen molar-refractivity contribution in [1.82, 2.24) is 14.8 Å². The monoisotopic (exact) mass is 558 g/mol. The van der Waals surface area contributed by atoms with Gasteiger partial charge in [0.15, 0.2) is 10.9 Å². The number of furan rings is 1. The zero-order valence-electron chi connectivity index (χ0n) is 16.0. The molecule has 0 bridgehead atoms. The Labute approximate surface area is 205 Å². The molecule has 1 N–H and O–H groups in total. The summed E-state index contributed by atoms with van der Waals surface area (Å²) in [6, 6.07) is 10.7. The minimum Gasteiger partial charge on any atom is -0.453 e. The maximum Gasteiger partial charge on any atom is 0.234 e. The summed E-state index contributed by atoms with van der Waals surface area (Å²) < 4.78 is 8.80. The Hall–Kier alpha value is -1.71. The predicted octanol–water partition coefficient (Wildman–Crippen LogP) is 7.16. The van der Waals surface area contributed by atoms with E-state index < -0.39 is 0 Å². The van der Waals surface area contributed by atoms with Crippen LogP contribution in [0.3, 0.4) is 0 Å². The van der Waals surface area contributed by atoms with Crippen LogP contribution >= 0.6 is 62.5 Å². The van der Waals surface area contributed by atoms with Gasteiger partial charge in [0.1, 0.15) is 5.58 Å². The van der Waals surface area contributed by atoms with Crippen molar-refractivity contribution in [3.63, 3.8) is 0 Å². The van der Waals surface area contributed by atoms with Crippen molar-refractivity contribution in [2.75, 3.05) is 11.1 Å². The summed E-state index contributed by atoms with van der Waals surface area (Å²) in [6.07, 6.45) is 0. The van der Waals surface area contributed by atoms with Crippen molar-refractivity contribution in [3.8, 4) is 11.6 Å². The summed E-state index contributed by atoms with van der Waals surface area (Å²) in [5.74, 6) is 1.07. The second-order valence-electron chi connectivity index (χ2n) is 6.43. The van der Waals surface area contributed by atoms with Crippen LogP contribution in [0.2, 0.25) is 15.1 Å². The Morgan fingerprint density at radius 2 is 1.90 bits per heavy atom. The molecule has 0 saturated heterocycles. The molecule has 1 amide bonds. The maximum absolute atomic E-state index is 12.4. The number of nitrogens with one attached hydrogen (secondary N) is 1. The number of aromatic nitrogens is 3. The summed E-state index contributed by atoms with van der Waals surface area (Å²) in [5.41, 5.74) is 1.16. The second-order valence-corrected chi connectivity index (χ2v) is 9.51. The van der Waals surface area contributed by atoms with Gasteiger partial charge in [0.2, 0.25) is 11.7 Å². The van der Waals surface area contributed by atoms with Gasteiger partial charge in [-0.2, -0.15) is 0 Å². The third kappa shape index (κ3) is 4.88. The number of nitrogens with zero attached hydrogens (tertiary/aromatic N) is 3. The zero-order valence-corrected chi connectivity index (χ0v) is 20.6. The van der Waals surface area contributed by atoms with Crippen molar-refractivity contribution in [3.05, 3.63) is 55.9 Å². The first-order valence-electron chi connectivity index (χ1n) is 9.05. The van der Waals surface area contributed by atoms with Crippen LogP contribution in [0, 0.1) is 0 Å². The highest BCUT2D eigenvalue weighted by Gasteiger charge is 2.18. The first-order valence-corrected chi connectivity index (χ1v) is 12.0. The summed E-state index contributed by atoms with van der Waals surface area (Å²) >= 11 is 22.8. The van der Waals surface area contributed by atoms with Gasteiger partial charge >= 0.3 is 0 Å². The van der Waals surface area contributed by atoms with Gasteiger partial charge in [0.25, 0.3) is 0 Å². The van der Waals surface area contributed by atoms with Crippen molar-refractivity contribution in [2.24, 2.45) is 0 Å². The van der Waals surface area contributed by atoms with E-state index in [9.17, 15) is 4.79 Å². The molecule has 4 rings (SSSR count). The fraction of sp³-hybridized carbons (Fsp3) is 0.150. The average Bonchev–Trinajstić information content (AvgIpc) is 3.33. The Morgan fingerprint density at radius 3 is 2.68 bits per heavy atom. The highest BCUT2D eigenvalue weighted by Crippen LogP contribution is 2.33. The number of benzene rings is 2. The fourth-order valence-electron chi connectivity index (χ4n) is 2.92. The molecular weight excluding hydrogens is 547 g/mol. The third-order valence-corrected chi connectivity index (χ3v) is 6.84. The molecule has 0 radical (unpaired) electrons. The molecule has 2 aromatic heterocycles. The third-order valence-electron chi connectivity index (χ3n) is 4.35. The van der Waals surface area contributed by atoms with E-state index in [-0.39, 0.29) is 11.7 Å². The van der Waals surface area contributed by atoms with Gasteiger partial charge in [-0.05, 0) is 43.3 Å². The standard InChI is InChI=1S/C20H14BrCl3N4O2S/c1-2-28-19(17-6-10-5-11(21)3-4-16(10)30-17)26-27-20(28)31-9-18(29)25-15-8-13(23)12(22)7-14(15)24/h3-8H,2,9H2,1H3,(H,25,29). The van der Waals surface area contributed by atoms with Gasteiger partial charge in [0.05, 0.1) is 26.5 Å². The number of carbonyl (C=O) groups is 1. The molecule has 0 spiro atoms. The van der Waals surface area contributed by atoms with Gasteiger partial charge in [-0.1, -0.05) is 62.5 Å². The molecule has 160 valence electrons. The van der Waals surface area contributed by atoms with E-state index in [4.69, 9.17) is 39.2 Å². The summed E-state index contributed by atoms with van der Waals surface area (Å²) in [7, 11) is 0. The molecular formula is C20H14BrCl3N4O2S. The molecule has 6 nitrogen and oxygen atoms in total. The van der Waals surface area contributed by atoms with Crippen LogP contribution in [0.5, 0.6) is 0 Å². The Morgan fingerprint density at radius 1 is 1.13 bits per heavy atom. The van der Waals surface area contributed by atoms with Crippen LogP contribution in [0.1, 0.15) is 6.92 Å². The van der Waals surface area contributed by atoms with E-state index in [2.05, 4.69) is 31.4 Å². The zero-order chi connectivity index (χ0) is 22.1. The topological polar surface area (TPSA) is 73.0 Å². The van der Waals surface area contributed by atoms with E-state index in [0.717, 1.165) is 15.4 Å². The number of rotatable bonds is 6. The van der Waals surface area contributed by atoms with Crippen molar-refractivity contribution in [1.29, 1.82) is 0 Å². The highest BCUT2D eigenvalue weighted by atomic mass is 79.9. The molecule has 0 aliphatic rings. The largest absolute Gasteiger partial charge is 0.453 e. The number of carbonyl (C=O) groups excluding carboxylic acids is 1. The number of amides is 1. The number of halogens is 4. The quantitative estimate of drug-likeness (QED) is 0.200. The maximum atomic E-state index is 12.4. The Balaban J connectivity index is 1.50. The first-order chi connectivity index (χ1) is 14.9. The Bertz CT molecular complexity index is 1290. The fourth-order valence-corrected chi connectivity index (χ4v) is 4.70. The van der Waals surface area contributed by atoms with E-state index in [1.807, 2.05) is 35.8 Å². The molecule has 0 atom stereocenters. The smallest absolute Gasteiger partial charge is 0.234 e. The molecule has 0 aliphatic carbocycles. The number of fused-ring (bicyclic) bond motifs is 1. The van der Waals surface area contributed by atoms with Crippen molar-refractivity contribution in [2.45, 2.75) is 18.6 Å². The van der Waals surface area contributed by atoms with Gasteiger partial charge in [-0.15, -0.1) is 10.2 Å². The highest BCUT2D eigenvalue weighted by molar-refractivity contribution is 9.10. The molecule has 11 heteroatoms. The van der Waals surface area contributed by atoms with E-state index >= 15 is 0 Å². The SMILES string of the molecule is CCn1c(SCC(=O)Nc2cc(Cl)c(Cl)cc2Cl)nnc1-c1cc2cc(Br)ccc2o1. The molecule has 4 aromatic rings. The molecule has 0 fully saturated rings. The van der Waals surface area contributed by atoms with Gasteiger partial charge < -0.3 is 9.73 Å². The van der Waals surface area contributed by atoms with Crippen LogP contribution in [0.25, 0.3) is 22.6 Å². The summed E-state index contributed by atoms with van der Waals surface area (Å²) in [4.78, 5) is 12.4. The van der Waals surface area contributed by atoms with Crippen LogP contribution in [0.15, 0.2) is 50.4 Å². The molecule has 2 heterocycles. The molecule has 0 unspecified atom stereocenters. The molecule has 2 aromatic carbocycles. The van der Waals surface area contributed by atoms with Crippen LogP contribution in [-0.2, 0) is 11.3 Å². The molecule has 0 saturated carbocycles. The van der Waals surface area contributed by atoms with Gasteiger partial charge in [-0.25, -0.2) is 0 Å². The van der Waals surface area contributed by atoms with Crippen molar-refractivity contribution >= 4 is 85.1 Å². The number of thioether (sulfide) groups is 1. The first kappa shape index (κ1) is 22.5. The summed E-state index contributed by atoms with van der Waals surface area (Å²) in [6.45, 7) is 2.59. The normalized spacial score (nSPS) is 11.3. The van der Waals surface area contributed by atoms with Crippen molar-refractivity contribution < 1.29 is 9.21 Å². The molecule has 0 aliphatic heterocycles. The van der Waals surface area contributed by atoms with Gasteiger partial charge in [0, 0.05) is 16.4 Å². The number of hydrogen-bond acceptors (Lipinski definition) is 5. The van der Waals surface area contributed by atoms with E-state index in [1.54, 1.807) is 0 Å². The number of hydrogen-bond donors (Lipinski definition) is 1. The lowest BCUT2D eigenvalue weighted by Gasteiger charge is -2.09. The minimum atomic E-state index is -0.258. The number of anilines is 1. The minimum absolute atomic E-state index is 0.113. The van der Waals surface area contributed by atoms with E-state index in [1.165, 1.54) is 23.9 Å². The lowest BCUT2D eigenvalue weighted by molar-refractivity contribution is -0.113. The van der Waals surface area contributed by atoms with Crippen LogP contribution in [-0.4, -0.2) is 26.4 Å². The van der Waals surface area contributed by atoms with Gasteiger partial charge in [-0.3, -0.25) is 9.36 Å². The summed E-state index contributed by atoms with van der Waals surface area (Å²) in [5, 5.41) is 13.7. The second kappa shape index (κ2) is 9.42. The van der Waals surface area contributed by atoms with E-state index in [0.29, 0.717) is 44.0 Å². The average molecular weight is 561 g/mol. The lowest BCUT2D eigenvalue weighted by atomic mass is 10.2. The lowest BCUT2D eigenvalue weighted by Crippen LogP contribution is -2.15. The molecule has 31 heavy (non-hydrogen) atoms. The van der Waals surface area contributed by atoms with Crippen LogP contribution < -0.4 is 5.32 Å². The Kier molecular flexibility index (Phi) is 6.83.